The quantitative estimate of drug-likeness (QED) is 0.149. The zero-order valence-electron chi connectivity index (χ0n) is 39.7. The van der Waals surface area contributed by atoms with Crippen molar-refractivity contribution in [1.29, 1.82) is 5.26 Å². The minimum atomic E-state index is -5.08. The first-order valence-electron chi connectivity index (χ1n) is 23.9. The maximum atomic E-state index is 14.7. The third-order valence-corrected chi connectivity index (χ3v) is 14.0. The average Bonchev–Trinajstić information content (AvgIpc) is 3.93. The molecule has 0 atom stereocenters. The van der Waals surface area contributed by atoms with Gasteiger partial charge in [0.15, 0.2) is 0 Å². The molecule has 0 aliphatic carbocycles. The van der Waals surface area contributed by atoms with Crippen molar-refractivity contribution in [3.8, 4) is 73.3 Å². The van der Waals surface area contributed by atoms with E-state index in [-0.39, 0.29) is 17.2 Å². The molecule has 0 fully saturated rings. The minimum absolute atomic E-state index is 0.0838. The number of alkyl halides is 6. The molecule has 74 heavy (non-hydrogen) atoms. The Morgan fingerprint density at radius 3 is 1.38 bits per heavy atom. The molecule has 9 aromatic carbocycles. The Bertz CT molecular complexity index is 4200. The largest absolute Gasteiger partial charge is 0.417 e. The summed E-state index contributed by atoms with van der Waals surface area (Å²) < 4.78 is 89.5. The summed E-state index contributed by atoms with van der Waals surface area (Å²) in [6.45, 7) is 4.18. The Morgan fingerprint density at radius 2 is 0.878 bits per heavy atom. The van der Waals surface area contributed by atoms with Gasteiger partial charge in [0.1, 0.15) is 11.6 Å². The first-order valence-corrected chi connectivity index (χ1v) is 23.9. The fourth-order valence-electron chi connectivity index (χ4n) is 10.6. The van der Waals surface area contributed by atoms with E-state index in [2.05, 4.69) is 66.9 Å². The minimum Gasteiger partial charge on any atom is -0.308 e. The molecule has 0 saturated carbocycles. The molecule has 10 heteroatoms. The first-order chi connectivity index (χ1) is 35.7. The predicted octanol–water partition coefficient (Wildman–Crippen LogP) is 18.1. The number of aryl methyl sites for hydroxylation is 2. The van der Waals surface area contributed by atoms with E-state index in [1.165, 1.54) is 11.6 Å². The van der Waals surface area contributed by atoms with E-state index >= 15 is 0 Å². The van der Waals surface area contributed by atoms with Crippen LogP contribution in [0.4, 0.5) is 26.3 Å². The predicted molar refractivity (Wildman–Crippen MR) is 284 cm³/mol. The zero-order valence-corrected chi connectivity index (χ0v) is 39.7. The maximum absolute atomic E-state index is 14.7. The summed E-state index contributed by atoms with van der Waals surface area (Å²) in [7, 11) is 0. The molecular formula is C64H40F6N4. The standard InChI is InChI=1S/C64H40F6N4/c1-38-21-25-47(39(2)29-38)42-22-27-59-51(30-42)49-17-9-11-19-57(49)73(59)61-34-45(44-32-55(40-13-5-3-6-14-40)72-56(33-44)41-15-7-4-8-16-41)35-62(53(61)37-71)74-58-20-12-10-18-50(58)52-31-43(23-28-60(52)74)48-26-24-46(63(65,66)67)36-54(48)64(68,69)70/h3-36H,1-2H3. The Hall–Kier alpha value is -9.20. The summed E-state index contributed by atoms with van der Waals surface area (Å²) in [6.07, 6.45) is -10.1. The Kier molecular flexibility index (Phi) is 10.9. The van der Waals surface area contributed by atoms with Crippen LogP contribution >= 0.6 is 0 Å². The number of hydrogen-bond acceptors (Lipinski definition) is 2. The molecule has 0 N–H and O–H groups in total. The van der Waals surface area contributed by atoms with E-state index in [1.54, 1.807) is 12.1 Å². The van der Waals surface area contributed by atoms with Gasteiger partial charge in [-0.3, -0.25) is 0 Å². The number of nitrogens with zero attached hydrogens (tertiary/aromatic N) is 4. The van der Waals surface area contributed by atoms with Crippen LogP contribution in [0.2, 0.25) is 0 Å². The molecule has 3 aromatic heterocycles. The number of para-hydroxylation sites is 2. The molecular weight excluding hydrogens is 939 g/mol. The molecule has 12 rings (SSSR count). The number of benzene rings is 9. The topological polar surface area (TPSA) is 46.5 Å². The summed E-state index contributed by atoms with van der Waals surface area (Å²) in [4.78, 5) is 5.17. The van der Waals surface area contributed by atoms with Crippen LogP contribution in [0.15, 0.2) is 206 Å². The van der Waals surface area contributed by atoms with Crippen molar-refractivity contribution in [2.45, 2.75) is 26.2 Å². The van der Waals surface area contributed by atoms with Crippen molar-refractivity contribution in [1.82, 2.24) is 14.1 Å². The van der Waals surface area contributed by atoms with Gasteiger partial charge in [-0.1, -0.05) is 139 Å². The van der Waals surface area contributed by atoms with Crippen LogP contribution in [0.3, 0.4) is 0 Å². The summed E-state index contributed by atoms with van der Waals surface area (Å²) in [5.74, 6) is 0. The van der Waals surface area contributed by atoms with Crippen molar-refractivity contribution in [2.24, 2.45) is 0 Å². The second kappa shape index (κ2) is 17.5. The highest BCUT2D eigenvalue weighted by Crippen LogP contribution is 2.45. The van der Waals surface area contributed by atoms with Gasteiger partial charge in [0, 0.05) is 32.7 Å². The number of pyridine rings is 1. The van der Waals surface area contributed by atoms with Gasteiger partial charge in [0.05, 0.1) is 56.0 Å². The molecule has 3 heterocycles. The molecule has 0 aliphatic rings. The fourth-order valence-corrected chi connectivity index (χ4v) is 10.6. The number of hydrogen-bond donors (Lipinski definition) is 0. The van der Waals surface area contributed by atoms with Gasteiger partial charge in [0.2, 0.25) is 0 Å². The lowest BCUT2D eigenvalue weighted by Gasteiger charge is -2.19. The summed E-state index contributed by atoms with van der Waals surface area (Å²) in [6, 6.07) is 65.4. The van der Waals surface area contributed by atoms with Crippen LogP contribution in [-0.4, -0.2) is 14.1 Å². The highest BCUT2D eigenvalue weighted by molar-refractivity contribution is 6.12. The van der Waals surface area contributed by atoms with Crippen LogP contribution in [-0.2, 0) is 12.4 Å². The molecule has 0 spiro atoms. The maximum Gasteiger partial charge on any atom is 0.417 e. The Balaban J connectivity index is 1.17. The van der Waals surface area contributed by atoms with E-state index in [4.69, 9.17) is 4.98 Å². The number of rotatable bonds is 7. The van der Waals surface area contributed by atoms with E-state index in [9.17, 15) is 31.6 Å². The highest BCUT2D eigenvalue weighted by Gasteiger charge is 2.38. The van der Waals surface area contributed by atoms with Gasteiger partial charge in [-0.2, -0.15) is 31.6 Å². The number of aromatic nitrogens is 3. The third kappa shape index (κ3) is 7.85. The second-order valence-electron chi connectivity index (χ2n) is 18.6. The van der Waals surface area contributed by atoms with Gasteiger partial charge in [-0.05, 0) is 126 Å². The molecule has 0 aliphatic heterocycles. The Morgan fingerprint density at radius 1 is 0.405 bits per heavy atom. The van der Waals surface area contributed by atoms with Gasteiger partial charge >= 0.3 is 12.4 Å². The normalized spacial score (nSPS) is 12.0. The summed E-state index contributed by atoms with van der Waals surface area (Å²) >= 11 is 0. The van der Waals surface area contributed by atoms with Gasteiger partial charge in [0.25, 0.3) is 0 Å². The van der Waals surface area contributed by atoms with Crippen molar-refractivity contribution in [3.63, 3.8) is 0 Å². The Labute approximate surface area is 421 Å². The number of fused-ring (bicyclic) bond motifs is 6. The molecule has 0 radical (unpaired) electrons. The summed E-state index contributed by atoms with van der Waals surface area (Å²) in [5.41, 5.74) is 10.6. The van der Waals surface area contributed by atoms with E-state index in [1.807, 2.05) is 132 Å². The van der Waals surface area contributed by atoms with Crippen LogP contribution in [0.5, 0.6) is 0 Å². The molecule has 0 bridgehead atoms. The van der Waals surface area contributed by atoms with Gasteiger partial charge in [-0.25, -0.2) is 4.98 Å². The molecule has 0 amide bonds. The second-order valence-corrected chi connectivity index (χ2v) is 18.6. The van der Waals surface area contributed by atoms with Crippen molar-refractivity contribution in [2.75, 3.05) is 0 Å². The lowest BCUT2D eigenvalue weighted by Crippen LogP contribution is -2.12. The first kappa shape index (κ1) is 45.9. The zero-order chi connectivity index (χ0) is 51.0. The molecule has 0 unspecified atom stereocenters. The lowest BCUT2D eigenvalue weighted by molar-refractivity contribution is -0.142. The van der Waals surface area contributed by atoms with Crippen molar-refractivity contribution < 1.29 is 26.3 Å². The fraction of sp³-hybridized carbons (Fsp3) is 0.0625. The van der Waals surface area contributed by atoms with Gasteiger partial charge in [-0.15, -0.1) is 0 Å². The SMILES string of the molecule is Cc1ccc(-c2ccc3c(c2)c2ccccc2n3-c2cc(-c3cc(-c4ccccc4)nc(-c4ccccc4)c3)cc(-n3c4ccccc4c4cc(-c5ccc(C(F)(F)F)cc5C(F)(F)F)ccc43)c2C#N)c(C)c1. The van der Waals surface area contributed by atoms with E-state index < -0.39 is 23.5 Å². The van der Waals surface area contributed by atoms with E-state index in [0.717, 1.165) is 78.2 Å². The monoisotopic (exact) mass is 978 g/mol. The van der Waals surface area contributed by atoms with Crippen LogP contribution in [0.25, 0.3) is 111 Å². The van der Waals surface area contributed by atoms with Crippen molar-refractivity contribution >= 4 is 43.6 Å². The van der Waals surface area contributed by atoms with Crippen LogP contribution in [0.1, 0.15) is 27.8 Å². The highest BCUT2D eigenvalue weighted by atomic mass is 19.4. The molecule has 12 aromatic rings. The van der Waals surface area contributed by atoms with Crippen LogP contribution in [0, 0.1) is 25.2 Å². The molecule has 358 valence electrons. The molecule has 4 nitrogen and oxygen atoms in total. The third-order valence-electron chi connectivity index (χ3n) is 14.0. The smallest absolute Gasteiger partial charge is 0.308 e. The van der Waals surface area contributed by atoms with E-state index in [0.29, 0.717) is 44.8 Å². The molecule has 0 saturated heterocycles. The summed E-state index contributed by atoms with van der Waals surface area (Å²) in [5, 5.41) is 14.9. The van der Waals surface area contributed by atoms with Crippen molar-refractivity contribution in [3.05, 3.63) is 234 Å². The average molecular weight is 979 g/mol. The van der Waals surface area contributed by atoms with Gasteiger partial charge < -0.3 is 9.13 Å². The van der Waals surface area contributed by atoms with Crippen LogP contribution < -0.4 is 0 Å². The number of halogens is 6. The number of nitriles is 1. The lowest BCUT2D eigenvalue weighted by atomic mass is 9.95.